The summed E-state index contributed by atoms with van der Waals surface area (Å²) in [6, 6.07) is 0. The molecule has 2 unspecified atom stereocenters. The normalized spacial score (nSPS) is 21.4. The third-order valence-corrected chi connectivity index (χ3v) is 4.70. The smallest absolute Gasteiger partial charge is 0.334 e. The molecule has 7 nitrogen and oxygen atoms in total. The Morgan fingerprint density at radius 2 is 2.35 bits per heavy atom. The van der Waals surface area contributed by atoms with Crippen LogP contribution in [0.1, 0.15) is 13.8 Å². The summed E-state index contributed by atoms with van der Waals surface area (Å²) in [6.45, 7) is 4.12. The van der Waals surface area contributed by atoms with Crippen LogP contribution in [0.2, 0.25) is 0 Å². The molecule has 0 aromatic heterocycles. The predicted molar refractivity (Wildman–Crippen MR) is 93.6 cm³/mol. The van der Waals surface area contributed by atoms with Gasteiger partial charge in [0.2, 0.25) is 0 Å². The zero-order valence-corrected chi connectivity index (χ0v) is 15.0. The first kappa shape index (κ1) is 19.7. The maximum atomic E-state index is 11.2. The Morgan fingerprint density at radius 1 is 1.61 bits per heavy atom. The lowest BCUT2D eigenvalue weighted by molar-refractivity contribution is -0.133. The molecule has 1 aliphatic heterocycles. The van der Waals surface area contributed by atoms with E-state index >= 15 is 0 Å². The molecular weight excluding hydrogens is 339 g/mol. The largest absolute Gasteiger partial charge is 0.482 e. The number of ether oxygens (including phenoxy) is 2. The van der Waals surface area contributed by atoms with Gasteiger partial charge in [-0.1, -0.05) is 6.08 Å². The number of rotatable bonds is 5. The molecule has 2 N–H and O–H groups in total. The minimum absolute atomic E-state index is 0.0970. The van der Waals surface area contributed by atoms with Gasteiger partial charge in [0.05, 0.1) is 25.3 Å². The van der Waals surface area contributed by atoms with E-state index < -0.39 is 18.5 Å². The number of carbonyl (C=O) groups is 1. The van der Waals surface area contributed by atoms with E-state index in [0.717, 1.165) is 18.4 Å². The van der Waals surface area contributed by atoms with Gasteiger partial charge in [-0.15, -0.1) is 5.25 Å². The molecule has 0 bridgehead atoms. The van der Waals surface area contributed by atoms with Crippen LogP contribution in [0, 0.1) is 0 Å². The molecule has 23 heavy (non-hydrogen) atoms. The molecule has 128 valence electrons. The Morgan fingerprint density at radius 3 is 2.78 bits per heavy atom. The molecule has 0 radical (unpaired) electrons. The number of aliphatic carboxylic acids is 1. The fourth-order valence-electron chi connectivity index (χ4n) is 1.76. The van der Waals surface area contributed by atoms with Crippen molar-refractivity contribution in [1.29, 1.82) is 0 Å². The van der Waals surface area contributed by atoms with Crippen molar-refractivity contribution in [3.63, 3.8) is 0 Å². The highest BCUT2D eigenvalue weighted by Gasteiger charge is 2.27. The van der Waals surface area contributed by atoms with Gasteiger partial charge in [-0.05, 0) is 37.8 Å². The molecule has 0 saturated heterocycles. The van der Waals surface area contributed by atoms with E-state index in [0.29, 0.717) is 0 Å². The Hall–Kier alpha value is -1.31. The standard InChI is InChI=1S/C11H16NO4PS.C3H5NO/c1-7(2)16-10-8(11(13)14)5-4-6-9(10)17(18)12-15-3;1-2-5-3-4-1/h4-7,10,12H,1-3H3,(H,13,14);3H,1-2H2. The summed E-state index contributed by atoms with van der Waals surface area (Å²) in [6.07, 6.45) is 5.74. The van der Waals surface area contributed by atoms with Gasteiger partial charge in [0.15, 0.2) is 6.40 Å². The summed E-state index contributed by atoms with van der Waals surface area (Å²) in [5.41, 5.74) is 0.191. The molecule has 2 aliphatic rings. The molecule has 1 heterocycles. The van der Waals surface area contributed by atoms with Gasteiger partial charge in [0.1, 0.15) is 12.7 Å². The lowest BCUT2D eigenvalue weighted by Crippen LogP contribution is -2.33. The first-order valence-electron chi connectivity index (χ1n) is 6.97. The third-order valence-electron chi connectivity index (χ3n) is 2.65. The summed E-state index contributed by atoms with van der Waals surface area (Å²) in [5, 5.41) is 12.6. The van der Waals surface area contributed by atoms with Gasteiger partial charge in [-0.3, -0.25) is 9.83 Å². The molecule has 2 atom stereocenters. The van der Waals surface area contributed by atoms with Gasteiger partial charge in [-0.2, -0.15) is 0 Å². The van der Waals surface area contributed by atoms with Crippen LogP contribution in [0.5, 0.6) is 0 Å². The minimum Gasteiger partial charge on any atom is -0.482 e. The lowest BCUT2D eigenvalue weighted by Gasteiger charge is -2.24. The number of aliphatic imine (C=N–C) groups is 1. The highest BCUT2D eigenvalue weighted by atomic mass is 32.4. The fourth-order valence-corrected chi connectivity index (χ4v) is 3.36. The highest BCUT2D eigenvalue weighted by molar-refractivity contribution is 8.04. The van der Waals surface area contributed by atoms with E-state index in [-0.39, 0.29) is 11.7 Å². The van der Waals surface area contributed by atoms with Crippen molar-refractivity contribution in [2.24, 2.45) is 4.99 Å². The van der Waals surface area contributed by atoms with Crippen LogP contribution in [-0.4, -0.2) is 55.2 Å². The second-order valence-electron chi connectivity index (χ2n) is 4.75. The number of nitrogens with one attached hydrogen (secondary N) is 1. The van der Waals surface area contributed by atoms with E-state index in [9.17, 15) is 9.90 Å². The highest BCUT2D eigenvalue weighted by Crippen LogP contribution is 2.22. The molecule has 0 fully saturated rings. The summed E-state index contributed by atoms with van der Waals surface area (Å²) >= 11 is 5.27. The molecule has 0 spiro atoms. The summed E-state index contributed by atoms with van der Waals surface area (Å²) in [5.74, 6) is -1.00. The average Bonchev–Trinajstić information content (AvgIpc) is 3.06. The second kappa shape index (κ2) is 10.5. The summed E-state index contributed by atoms with van der Waals surface area (Å²) in [7, 11) is 1.47. The monoisotopic (exact) mass is 360 g/mol. The predicted octanol–water partition coefficient (Wildman–Crippen LogP) is 1.59. The summed E-state index contributed by atoms with van der Waals surface area (Å²) < 4.78 is 10.3. The van der Waals surface area contributed by atoms with Crippen LogP contribution >= 0.6 is 6.47 Å². The Bertz CT molecular complexity index is 574. The van der Waals surface area contributed by atoms with Gasteiger partial charge in [-0.25, -0.2) is 4.79 Å². The van der Waals surface area contributed by atoms with Gasteiger partial charge < -0.3 is 14.6 Å². The number of hydrogen-bond donors (Lipinski definition) is 2. The van der Waals surface area contributed by atoms with Crippen molar-refractivity contribution >= 4 is 35.9 Å². The van der Waals surface area contributed by atoms with Crippen molar-refractivity contribution in [2.75, 3.05) is 20.3 Å². The minimum atomic E-state index is -1.21. The quantitative estimate of drug-likeness (QED) is 0.568. The molecule has 0 saturated carbocycles. The maximum absolute atomic E-state index is 11.2. The molecule has 0 aromatic carbocycles. The Labute approximate surface area is 141 Å². The molecule has 1 aliphatic carbocycles. The molecular formula is C14H21N2O5PS. The van der Waals surface area contributed by atoms with Crippen LogP contribution < -0.4 is 5.25 Å². The first-order valence-corrected chi connectivity index (χ1v) is 9.32. The van der Waals surface area contributed by atoms with Crippen molar-refractivity contribution in [1.82, 2.24) is 5.25 Å². The van der Waals surface area contributed by atoms with Crippen molar-refractivity contribution in [3.05, 3.63) is 23.8 Å². The number of allylic oxidation sites excluding steroid dienone is 2. The average molecular weight is 360 g/mol. The van der Waals surface area contributed by atoms with E-state index in [1.165, 1.54) is 19.6 Å². The van der Waals surface area contributed by atoms with Crippen LogP contribution in [0.25, 0.3) is 0 Å². The SMILES string of the molecule is C1=NCCO1.CONP(=S)=C1C=CC=C(C(=O)O)C1OC(C)C. The molecule has 0 aromatic rings. The fraction of sp³-hybridized carbons (Fsp3) is 0.500. The van der Waals surface area contributed by atoms with Gasteiger partial charge in [0.25, 0.3) is 0 Å². The number of carboxylic acid groups (broad SMARTS) is 1. The van der Waals surface area contributed by atoms with Crippen molar-refractivity contribution < 1.29 is 24.2 Å². The molecule has 2 rings (SSSR count). The van der Waals surface area contributed by atoms with E-state index in [4.69, 9.17) is 21.4 Å². The van der Waals surface area contributed by atoms with Gasteiger partial charge in [0, 0.05) is 11.8 Å². The van der Waals surface area contributed by atoms with E-state index in [1.54, 1.807) is 12.2 Å². The van der Waals surface area contributed by atoms with Gasteiger partial charge >= 0.3 is 5.97 Å². The number of carboxylic acids is 1. The molecule has 0 amide bonds. The Balaban J connectivity index is 0.000000446. The summed E-state index contributed by atoms with van der Waals surface area (Å²) in [4.78, 5) is 19.7. The zero-order chi connectivity index (χ0) is 17.2. The lowest BCUT2D eigenvalue weighted by atomic mass is 10.0. The Kier molecular flexibility index (Phi) is 8.98. The topological polar surface area (TPSA) is 89.4 Å². The maximum Gasteiger partial charge on any atom is 0.334 e. The second-order valence-corrected chi connectivity index (χ2v) is 7.13. The van der Waals surface area contributed by atoms with E-state index in [2.05, 4.69) is 15.0 Å². The van der Waals surface area contributed by atoms with Crippen LogP contribution in [0.3, 0.4) is 0 Å². The number of hydrogen-bond acceptors (Lipinski definition) is 6. The van der Waals surface area contributed by atoms with Crippen molar-refractivity contribution in [2.45, 2.75) is 26.1 Å². The molecule has 9 heteroatoms. The third kappa shape index (κ3) is 6.76. The van der Waals surface area contributed by atoms with Crippen LogP contribution in [-0.2, 0) is 30.9 Å². The van der Waals surface area contributed by atoms with Crippen LogP contribution in [0.4, 0.5) is 0 Å². The van der Waals surface area contributed by atoms with E-state index in [1.807, 2.05) is 13.8 Å². The number of nitrogens with zero attached hydrogens (tertiary/aromatic N) is 1. The first-order chi connectivity index (χ1) is 11.0. The van der Waals surface area contributed by atoms with Crippen LogP contribution in [0.15, 0.2) is 28.8 Å². The van der Waals surface area contributed by atoms with Crippen molar-refractivity contribution in [3.8, 4) is 0 Å². The zero-order valence-electron chi connectivity index (χ0n) is 13.3.